The maximum absolute atomic E-state index is 5.38. The Morgan fingerprint density at radius 2 is 0.958 bits per heavy atom. The molecule has 0 unspecified atom stereocenters. The lowest BCUT2D eigenvalue weighted by atomic mass is 9.81. The van der Waals surface area contributed by atoms with Crippen molar-refractivity contribution in [1.82, 2.24) is 19.5 Å². The second kappa shape index (κ2) is 15.1. The quantitative estimate of drug-likeness (QED) is 0.167. The minimum atomic E-state index is -0.116. The lowest BCUT2D eigenvalue weighted by molar-refractivity contribution is 0.661. The van der Waals surface area contributed by atoms with Crippen LogP contribution in [-0.2, 0) is 5.41 Å². The van der Waals surface area contributed by atoms with Crippen molar-refractivity contribution < 1.29 is 0 Å². The van der Waals surface area contributed by atoms with Gasteiger partial charge in [0, 0.05) is 64.2 Å². The van der Waals surface area contributed by atoms with Crippen LogP contribution < -0.4 is 0 Å². The third-order valence-electron chi connectivity index (χ3n) is 15.2. The number of aromatic nitrogens is 4. The van der Waals surface area contributed by atoms with Crippen molar-refractivity contribution in [2.75, 3.05) is 0 Å². The van der Waals surface area contributed by atoms with Gasteiger partial charge in [-0.15, -0.1) is 11.3 Å². The van der Waals surface area contributed by atoms with E-state index in [1.54, 1.807) is 11.3 Å². The highest BCUT2D eigenvalue weighted by atomic mass is 32.1. The number of fused-ring (bicyclic) bond motifs is 9. The van der Waals surface area contributed by atoms with E-state index in [-0.39, 0.29) is 5.41 Å². The Balaban J connectivity index is 0.924. The number of rotatable bonds is 6. The third kappa shape index (κ3) is 5.94. The molecule has 5 heteroatoms. The molecule has 0 spiro atoms. The topological polar surface area (TPSA) is 43.6 Å². The lowest BCUT2D eigenvalue weighted by Crippen LogP contribution is -2.15. The number of hydrogen-bond acceptors (Lipinski definition) is 4. The van der Waals surface area contributed by atoms with Crippen molar-refractivity contribution in [3.63, 3.8) is 0 Å². The van der Waals surface area contributed by atoms with Gasteiger partial charge in [0.05, 0.1) is 16.7 Å². The number of benzene rings is 10. The molecule has 0 fully saturated rings. The minimum absolute atomic E-state index is 0.116. The number of thiophene rings is 1. The fourth-order valence-corrected chi connectivity index (χ4v) is 13.1. The molecule has 4 nitrogen and oxygen atoms in total. The van der Waals surface area contributed by atoms with Gasteiger partial charge in [-0.05, 0) is 98.1 Å². The first-order valence-electron chi connectivity index (χ1n) is 24.3. The Hall–Kier alpha value is -8.77. The summed E-state index contributed by atoms with van der Waals surface area (Å²) in [5.41, 5.74) is 21.3. The van der Waals surface area contributed by atoms with Crippen LogP contribution in [0.15, 0.2) is 218 Å². The van der Waals surface area contributed by atoms with Crippen LogP contribution in [0.1, 0.15) is 25.0 Å². The molecule has 0 N–H and O–H groups in total. The second-order valence-electron chi connectivity index (χ2n) is 19.5. The normalized spacial score (nSPS) is 13.0. The van der Waals surface area contributed by atoms with Gasteiger partial charge in [0.15, 0.2) is 17.5 Å². The summed E-state index contributed by atoms with van der Waals surface area (Å²) in [6.07, 6.45) is 0. The van der Waals surface area contributed by atoms with E-state index < -0.39 is 0 Å². The van der Waals surface area contributed by atoms with E-state index in [1.807, 2.05) is 0 Å². The molecule has 0 saturated heterocycles. The zero-order valence-corrected chi connectivity index (χ0v) is 39.8. The number of nitrogens with zero attached hydrogens (tertiary/aromatic N) is 4. The third-order valence-corrected chi connectivity index (χ3v) is 16.4. The number of para-hydroxylation sites is 1. The van der Waals surface area contributed by atoms with Crippen molar-refractivity contribution >= 4 is 53.3 Å². The molecule has 0 amide bonds. The molecule has 15 rings (SSSR count). The fourth-order valence-electron chi connectivity index (χ4n) is 11.9. The zero-order chi connectivity index (χ0) is 47.0. The van der Waals surface area contributed by atoms with Gasteiger partial charge in [0.2, 0.25) is 0 Å². The number of hydrogen-bond donors (Lipinski definition) is 0. The monoisotopic (exact) mass is 922 g/mol. The highest BCUT2D eigenvalue weighted by molar-refractivity contribution is 7.26. The Bertz CT molecular complexity index is 4290. The van der Waals surface area contributed by atoms with Gasteiger partial charge in [-0.3, -0.25) is 0 Å². The van der Waals surface area contributed by atoms with Gasteiger partial charge >= 0.3 is 0 Å². The van der Waals surface area contributed by atoms with E-state index in [9.17, 15) is 0 Å². The van der Waals surface area contributed by atoms with Gasteiger partial charge in [0.25, 0.3) is 0 Å². The molecule has 71 heavy (non-hydrogen) atoms. The van der Waals surface area contributed by atoms with E-state index in [4.69, 9.17) is 15.0 Å². The molecule has 0 atom stereocenters. The zero-order valence-electron chi connectivity index (χ0n) is 39.0. The summed E-state index contributed by atoms with van der Waals surface area (Å²) in [5.74, 6) is 1.90. The van der Waals surface area contributed by atoms with E-state index in [1.165, 1.54) is 86.6 Å². The Morgan fingerprint density at radius 3 is 1.75 bits per heavy atom. The minimum Gasteiger partial charge on any atom is -0.308 e. The maximum Gasteiger partial charge on any atom is 0.165 e. The van der Waals surface area contributed by atoms with Crippen molar-refractivity contribution in [3.05, 3.63) is 230 Å². The van der Waals surface area contributed by atoms with E-state index >= 15 is 0 Å². The van der Waals surface area contributed by atoms with Gasteiger partial charge < -0.3 is 4.57 Å². The predicted octanol–water partition coefficient (Wildman–Crippen LogP) is 17.6. The molecule has 0 radical (unpaired) electrons. The summed E-state index contributed by atoms with van der Waals surface area (Å²) < 4.78 is 4.95. The first-order valence-corrected chi connectivity index (χ1v) is 25.2. The van der Waals surface area contributed by atoms with Crippen LogP contribution >= 0.6 is 11.3 Å². The van der Waals surface area contributed by atoms with E-state index in [0.29, 0.717) is 17.5 Å². The molecule has 3 aromatic heterocycles. The van der Waals surface area contributed by atoms with Crippen molar-refractivity contribution in [2.45, 2.75) is 19.3 Å². The van der Waals surface area contributed by atoms with Gasteiger partial charge in [-0.25, -0.2) is 15.0 Å². The summed E-state index contributed by atoms with van der Waals surface area (Å²) in [6, 6.07) is 79.3. The highest BCUT2D eigenvalue weighted by Crippen LogP contribution is 2.58. The summed E-state index contributed by atoms with van der Waals surface area (Å²) in [7, 11) is 0. The fraction of sp³-hybridized carbons (Fsp3) is 0.0455. The molecule has 4 heterocycles. The predicted molar refractivity (Wildman–Crippen MR) is 296 cm³/mol. The first kappa shape index (κ1) is 40.1. The first-order chi connectivity index (χ1) is 35.0. The Morgan fingerprint density at radius 1 is 0.380 bits per heavy atom. The average Bonchev–Trinajstić information content (AvgIpc) is 4.03. The molecule has 10 aromatic carbocycles. The summed E-state index contributed by atoms with van der Waals surface area (Å²) in [5, 5.41) is 4.97. The summed E-state index contributed by atoms with van der Waals surface area (Å²) in [6.45, 7) is 4.76. The average molecular weight is 923 g/mol. The molecule has 0 saturated carbocycles. The largest absolute Gasteiger partial charge is 0.308 e. The highest BCUT2D eigenvalue weighted by Gasteiger charge is 2.41. The van der Waals surface area contributed by atoms with Crippen molar-refractivity contribution in [1.29, 1.82) is 0 Å². The maximum atomic E-state index is 5.38. The van der Waals surface area contributed by atoms with E-state index in [2.05, 4.69) is 237 Å². The molecule has 1 aliphatic heterocycles. The SMILES string of the molecule is CC1(C)c2cccc3c2-c2c1ccc1c4c(-c5ccc(-c6nc(-c7cc(-c8ccccc8)cc(-c8ccccc8)c7)nc(-c7cccc8c7sc7ccccc78)n6)cc5)cccc4n(c21)-c1ccccc1-3. The molecule has 0 bridgehead atoms. The Labute approximate surface area is 414 Å². The molecule has 13 aromatic rings. The smallest absolute Gasteiger partial charge is 0.165 e. The Kier molecular flexibility index (Phi) is 8.55. The van der Waals surface area contributed by atoms with Crippen LogP contribution in [0.5, 0.6) is 0 Å². The molecule has 2 aliphatic rings. The van der Waals surface area contributed by atoms with Gasteiger partial charge in [-0.2, -0.15) is 0 Å². The molecule has 1 aliphatic carbocycles. The van der Waals surface area contributed by atoms with Gasteiger partial charge in [-0.1, -0.05) is 190 Å². The van der Waals surface area contributed by atoms with Crippen LogP contribution in [-0.4, -0.2) is 19.5 Å². The summed E-state index contributed by atoms with van der Waals surface area (Å²) in [4.78, 5) is 16.1. The molecular weight excluding hydrogens is 881 g/mol. The van der Waals surface area contributed by atoms with Crippen LogP contribution in [0.4, 0.5) is 0 Å². The van der Waals surface area contributed by atoms with Crippen molar-refractivity contribution in [3.8, 4) is 95.5 Å². The van der Waals surface area contributed by atoms with Crippen LogP contribution in [0.25, 0.3) is 137 Å². The van der Waals surface area contributed by atoms with Crippen molar-refractivity contribution in [2.24, 2.45) is 0 Å². The lowest BCUT2D eigenvalue weighted by Gasteiger charge is -2.22. The molecular formula is C66H42N4S. The van der Waals surface area contributed by atoms with E-state index in [0.717, 1.165) is 44.5 Å². The second-order valence-corrected chi connectivity index (χ2v) is 20.5. The van der Waals surface area contributed by atoms with Crippen LogP contribution in [0, 0.1) is 0 Å². The van der Waals surface area contributed by atoms with Crippen LogP contribution in [0.2, 0.25) is 0 Å². The van der Waals surface area contributed by atoms with Gasteiger partial charge in [0.1, 0.15) is 0 Å². The standard InChI is InChI=1S/C66H42N4S/c1-66(2)53-26-14-23-49-47-20-9-11-27-55(47)70-56-28-15-22-46(58(56)51-34-35-54(66)60(59(49)53)61(51)70)41-30-32-42(33-31-41)63-67-64(69-65(68-63)52-25-13-24-50-48-21-10-12-29-57(48)71-62(50)52)45-37-43(39-16-5-3-6-17-39)36-44(38-45)40-18-7-4-8-19-40/h3-38H,1-2H3. The van der Waals surface area contributed by atoms with Crippen LogP contribution in [0.3, 0.4) is 0 Å². The summed E-state index contributed by atoms with van der Waals surface area (Å²) >= 11 is 1.79. The molecule has 332 valence electrons.